The number of aromatic nitrogens is 1. The first-order chi connectivity index (χ1) is 10.5. The fraction of sp³-hybridized carbons (Fsp3) is 0.231. The summed E-state index contributed by atoms with van der Waals surface area (Å²) in [4.78, 5) is 11.7. The summed E-state index contributed by atoms with van der Waals surface area (Å²) in [6.45, 7) is -0.561. The maximum atomic E-state index is 13.2. The highest BCUT2D eigenvalue weighted by Gasteiger charge is 2.18. The van der Waals surface area contributed by atoms with Crippen molar-refractivity contribution in [3.05, 3.63) is 53.2 Å². The van der Waals surface area contributed by atoms with Gasteiger partial charge in [-0.25, -0.2) is 18.0 Å². The van der Waals surface area contributed by atoms with Gasteiger partial charge in [0.2, 0.25) is 0 Å². The Hall–Kier alpha value is -2.55. The van der Waals surface area contributed by atoms with Gasteiger partial charge in [-0.05, 0) is 17.7 Å². The van der Waals surface area contributed by atoms with E-state index in [0.717, 1.165) is 0 Å². The maximum absolute atomic E-state index is 13.2. The largest absolute Gasteiger partial charge is 0.394 e. The molecule has 2 aromatic rings. The number of nitrogens with zero attached hydrogens (tertiary/aromatic N) is 1. The lowest BCUT2D eigenvalue weighted by atomic mass is 10.1. The molecule has 118 valence electrons. The van der Waals surface area contributed by atoms with Gasteiger partial charge >= 0.3 is 6.03 Å². The van der Waals surface area contributed by atoms with Crippen LogP contribution in [0.4, 0.5) is 18.0 Å². The SMILES string of the molecule is O=C(NCc1ccon1)NC(CO)c1cc(F)c(F)c(F)c1. The van der Waals surface area contributed by atoms with E-state index in [1.165, 1.54) is 12.3 Å². The maximum Gasteiger partial charge on any atom is 0.315 e. The van der Waals surface area contributed by atoms with Crippen LogP contribution >= 0.6 is 0 Å². The smallest absolute Gasteiger partial charge is 0.315 e. The van der Waals surface area contributed by atoms with Gasteiger partial charge in [-0.15, -0.1) is 0 Å². The van der Waals surface area contributed by atoms with Crippen LogP contribution in [0.5, 0.6) is 0 Å². The molecule has 2 rings (SSSR count). The first-order valence-corrected chi connectivity index (χ1v) is 6.20. The van der Waals surface area contributed by atoms with Gasteiger partial charge in [-0.2, -0.15) is 0 Å². The number of hydrogen-bond donors (Lipinski definition) is 3. The highest BCUT2D eigenvalue weighted by Crippen LogP contribution is 2.19. The molecule has 0 aliphatic heterocycles. The van der Waals surface area contributed by atoms with Gasteiger partial charge < -0.3 is 20.3 Å². The summed E-state index contributed by atoms with van der Waals surface area (Å²) in [6.07, 6.45) is 1.33. The number of nitrogens with one attached hydrogen (secondary N) is 2. The normalized spacial score (nSPS) is 12.0. The monoisotopic (exact) mass is 315 g/mol. The Morgan fingerprint density at radius 2 is 2.00 bits per heavy atom. The Morgan fingerprint density at radius 3 is 2.55 bits per heavy atom. The number of urea groups is 1. The third-order valence-corrected chi connectivity index (χ3v) is 2.82. The summed E-state index contributed by atoms with van der Waals surface area (Å²) in [5.41, 5.74) is 0.366. The fourth-order valence-electron chi connectivity index (χ4n) is 1.72. The van der Waals surface area contributed by atoms with Crippen molar-refractivity contribution >= 4 is 6.03 Å². The first-order valence-electron chi connectivity index (χ1n) is 6.20. The molecule has 1 aromatic heterocycles. The Kier molecular flexibility index (Phi) is 4.99. The van der Waals surface area contributed by atoms with E-state index in [4.69, 9.17) is 0 Å². The molecule has 0 radical (unpaired) electrons. The van der Waals surface area contributed by atoms with E-state index < -0.39 is 36.1 Å². The fourth-order valence-corrected chi connectivity index (χ4v) is 1.72. The summed E-state index contributed by atoms with van der Waals surface area (Å²) >= 11 is 0. The van der Waals surface area contributed by atoms with Crippen molar-refractivity contribution < 1.29 is 27.6 Å². The van der Waals surface area contributed by atoms with Crippen LogP contribution in [0, 0.1) is 17.5 Å². The molecular weight excluding hydrogens is 303 g/mol. The molecule has 0 saturated carbocycles. The quantitative estimate of drug-likeness (QED) is 0.732. The molecule has 1 aromatic carbocycles. The highest BCUT2D eigenvalue weighted by molar-refractivity contribution is 5.74. The Bertz CT molecular complexity index is 626. The van der Waals surface area contributed by atoms with Crippen molar-refractivity contribution in [2.45, 2.75) is 12.6 Å². The van der Waals surface area contributed by atoms with E-state index in [1.807, 2.05) is 0 Å². The van der Waals surface area contributed by atoms with Crippen molar-refractivity contribution in [3.63, 3.8) is 0 Å². The molecule has 0 aliphatic rings. The predicted octanol–water partition coefficient (Wildman–Crippen LogP) is 1.62. The zero-order valence-corrected chi connectivity index (χ0v) is 11.1. The number of aliphatic hydroxyl groups excluding tert-OH is 1. The molecule has 1 heterocycles. The van der Waals surface area contributed by atoms with E-state index in [1.54, 1.807) is 0 Å². The number of hydrogen-bond acceptors (Lipinski definition) is 4. The molecule has 0 fully saturated rings. The van der Waals surface area contributed by atoms with E-state index >= 15 is 0 Å². The average molecular weight is 315 g/mol. The van der Waals surface area contributed by atoms with Gasteiger partial charge in [0.25, 0.3) is 0 Å². The van der Waals surface area contributed by atoms with E-state index in [0.29, 0.717) is 17.8 Å². The summed E-state index contributed by atoms with van der Waals surface area (Å²) in [5, 5.41) is 17.5. The van der Waals surface area contributed by atoms with Gasteiger partial charge in [0.1, 0.15) is 12.0 Å². The lowest BCUT2D eigenvalue weighted by Gasteiger charge is -2.17. The van der Waals surface area contributed by atoms with Crippen molar-refractivity contribution in [2.75, 3.05) is 6.61 Å². The van der Waals surface area contributed by atoms with Crippen LogP contribution in [0.25, 0.3) is 0 Å². The van der Waals surface area contributed by atoms with Gasteiger partial charge in [-0.3, -0.25) is 0 Å². The van der Waals surface area contributed by atoms with Crippen molar-refractivity contribution in [3.8, 4) is 0 Å². The van der Waals surface area contributed by atoms with Crippen LogP contribution in [0.3, 0.4) is 0 Å². The molecule has 1 atom stereocenters. The second-order valence-corrected chi connectivity index (χ2v) is 4.35. The first kappa shape index (κ1) is 15.8. The minimum Gasteiger partial charge on any atom is -0.394 e. The Morgan fingerprint density at radius 1 is 1.32 bits per heavy atom. The van der Waals surface area contributed by atoms with E-state index in [2.05, 4.69) is 20.3 Å². The molecular formula is C13H12F3N3O3. The number of rotatable bonds is 5. The highest BCUT2D eigenvalue weighted by atomic mass is 19.2. The second-order valence-electron chi connectivity index (χ2n) is 4.35. The number of carbonyl (C=O) groups is 1. The number of amides is 2. The molecule has 2 amide bonds. The molecule has 1 unspecified atom stereocenters. The minimum absolute atomic E-state index is 0.0621. The average Bonchev–Trinajstić information content (AvgIpc) is 3.01. The summed E-state index contributed by atoms with van der Waals surface area (Å²) in [5.74, 6) is -4.42. The van der Waals surface area contributed by atoms with E-state index in [9.17, 15) is 23.1 Å². The van der Waals surface area contributed by atoms with Crippen LogP contribution in [0.2, 0.25) is 0 Å². The van der Waals surface area contributed by atoms with Crippen LogP contribution in [0.15, 0.2) is 29.0 Å². The number of carbonyl (C=O) groups excluding carboxylic acids is 1. The summed E-state index contributed by atoms with van der Waals surface area (Å²) < 4.78 is 43.8. The number of aliphatic hydroxyl groups is 1. The Labute approximate surface area is 122 Å². The van der Waals surface area contributed by atoms with Crippen LogP contribution in [-0.4, -0.2) is 22.9 Å². The topological polar surface area (TPSA) is 87.4 Å². The zero-order chi connectivity index (χ0) is 16.1. The second kappa shape index (κ2) is 6.94. The minimum atomic E-state index is -1.61. The van der Waals surface area contributed by atoms with Crippen molar-refractivity contribution in [1.29, 1.82) is 0 Å². The van der Waals surface area contributed by atoms with Crippen LogP contribution in [0.1, 0.15) is 17.3 Å². The third kappa shape index (κ3) is 3.76. The number of benzene rings is 1. The molecule has 3 N–H and O–H groups in total. The molecule has 0 bridgehead atoms. The van der Waals surface area contributed by atoms with Crippen LogP contribution in [-0.2, 0) is 6.54 Å². The molecule has 6 nitrogen and oxygen atoms in total. The van der Waals surface area contributed by atoms with Crippen molar-refractivity contribution in [1.82, 2.24) is 15.8 Å². The standard InChI is InChI=1S/C13H12F3N3O3/c14-9-3-7(4-10(15)12(9)16)11(6-20)18-13(21)17-5-8-1-2-22-19-8/h1-4,11,20H,5-6H2,(H2,17,18,21). The molecule has 9 heteroatoms. The predicted molar refractivity (Wildman–Crippen MR) is 68.0 cm³/mol. The van der Waals surface area contributed by atoms with Gasteiger partial charge in [0.05, 0.1) is 19.2 Å². The van der Waals surface area contributed by atoms with Gasteiger partial charge in [0.15, 0.2) is 17.5 Å². The lowest BCUT2D eigenvalue weighted by molar-refractivity contribution is 0.216. The molecule has 0 aliphatic carbocycles. The third-order valence-electron chi connectivity index (χ3n) is 2.82. The number of halogens is 3. The summed E-state index contributed by atoms with van der Waals surface area (Å²) in [6, 6.07) is 1.15. The summed E-state index contributed by atoms with van der Waals surface area (Å²) in [7, 11) is 0. The molecule has 0 spiro atoms. The lowest BCUT2D eigenvalue weighted by Crippen LogP contribution is -2.39. The van der Waals surface area contributed by atoms with Gasteiger partial charge in [-0.1, -0.05) is 5.16 Å². The molecule has 0 saturated heterocycles. The van der Waals surface area contributed by atoms with Crippen molar-refractivity contribution in [2.24, 2.45) is 0 Å². The Balaban J connectivity index is 2.01. The zero-order valence-electron chi connectivity index (χ0n) is 11.1. The molecule has 22 heavy (non-hydrogen) atoms. The van der Waals surface area contributed by atoms with Gasteiger partial charge in [0, 0.05) is 6.07 Å². The van der Waals surface area contributed by atoms with Crippen LogP contribution < -0.4 is 10.6 Å². The van der Waals surface area contributed by atoms with E-state index in [-0.39, 0.29) is 12.1 Å².